The summed E-state index contributed by atoms with van der Waals surface area (Å²) in [5, 5.41) is 2.90. The molecule has 0 saturated heterocycles. The normalized spacial score (nSPS) is 11.1. The monoisotopic (exact) mass is 255 g/mol. The molecule has 0 radical (unpaired) electrons. The molecule has 0 fully saturated rings. The van der Waals surface area contributed by atoms with Crippen LogP contribution in [0, 0.1) is 0 Å². The van der Waals surface area contributed by atoms with Gasteiger partial charge >= 0.3 is 0 Å². The topological polar surface area (TPSA) is 54.9 Å². The lowest BCUT2D eigenvalue weighted by Crippen LogP contribution is -2.19. The minimum Gasteiger partial charge on any atom is -0.320 e. The quantitative estimate of drug-likeness (QED) is 0.897. The van der Waals surface area contributed by atoms with Crippen LogP contribution in [0.4, 0.5) is 5.69 Å². The first-order valence-corrected chi connectivity index (χ1v) is 6.15. The molecule has 19 heavy (non-hydrogen) atoms. The van der Waals surface area contributed by atoms with Crippen molar-refractivity contribution in [2.45, 2.75) is 26.2 Å². The number of nitrogens with zero attached hydrogens (tertiary/aromatic N) is 2. The smallest absolute Gasteiger partial charge is 0.274 e. The zero-order valence-electron chi connectivity index (χ0n) is 11.3. The third kappa shape index (κ3) is 3.16. The highest BCUT2D eigenvalue weighted by Crippen LogP contribution is 2.29. The molecular weight excluding hydrogens is 238 g/mol. The van der Waals surface area contributed by atoms with Crippen LogP contribution in [-0.4, -0.2) is 15.9 Å². The number of rotatable bonds is 2. The van der Waals surface area contributed by atoms with Gasteiger partial charge in [-0.2, -0.15) is 0 Å². The molecule has 4 nitrogen and oxygen atoms in total. The molecule has 0 aliphatic rings. The molecule has 4 heteroatoms. The van der Waals surface area contributed by atoms with Crippen molar-refractivity contribution in [2.75, 3.05) is 5.32 Å². The largest absolute Gasteiger partial charge is 0.320 e. The van der Waals surface area contributed by atoms with Gasteiger partial charge in [-0.3, -0.25) is 4.79 Å². The molecular formula is C15H17N3O. The third-order valence-corrected chi connectivity index (χ3v) is 2.80. The van der Waals surface area contributed by atoms with Crippen LogP contribution in [0.1, 0.15) is 36.8 Å². The Morgan fingerprint density at radius 1 is 1.16 bits per heavy atom. The van der Waals surface area contributed by atoms with Gasteiger partial charge < -0.3 is 5.32 Å². The van der Waals surface area contributed by atoms with Crippen molar-refractivity contribution in [3.8, 4) is 0 Å². The van der Waals surface area contributed by atoms with Gasteiger partial charge in [0, 0.05) is 11.9 Å². The lowest BCUT2D eigenvalue weighted by molar-refractivity contribution is 0.102. The molecule has 0 bridgehead atoms. The van der Waals surface area contributed by atoms with E-state index >= 15 is 0 Å². The summed E-state index contributed by atoms with van der Waals surface area (Å²) >= 11 is 0. The second-order valence-corrected chi connectivity index (χ2v) is 5.34. The fourth-order valence-corrected chi connectivity index (χ4v) is 1.86. The van der Waals surface area contributed by atoms with E-state index in [2.05, 4.69) is 36.1 Å². The van der Waals surface area contributed by atoms with Gasteiger partial charge in [0.2, 0.25) is 0 Å². The predicted octanol–water partition coefficient (Wildman–Crippen LogP) is 3.03. The van der Waals surface area contributed by atoms with Crippen LogP contribution in [0.25, 0.3) is 0 Å². The van der Waals surface area contributed by atoms with Gasteiger partial charge in [0.05, 0.1) is 0 Å². The predicted molar refractivity (Wildman–Crippen MR) is 75.1 cm³/mol. The van der Waals surface area contributed by atoms with Gasteiger partial charge in [0.1, 0.15) is 12.0 Å². The second-order valence-electron chi connectivity index (χ2n) is 5.34. The molecule has 0 aliphatic heterocycles. The minimum absolute atomic E-state index is 0.0322. The molecule has 2 rings (SSSR count). The van der Waals surface area contributed by atoms with Gasteiger partial charge in [-0.25, -0.2) is 9.97 Å². The van der Waals surface area contributed by atoms with Crippen molar-refractivity contribution >= 4 is 11.6 Å². The highest BCUT2D eigenvalue weighted by atomic mass is 16.1. The minimum atomic E-state index is -0.223. The van der Waals surface area contributed by atoms with Crippen molar-refractivity contribution in [1.29, 1.82) is 0 Å². The molecule has 1 heterocycles. The molecule has 0 spiro atoms. The Hall–Kier alpha value is -2.23. The Balaban J connectivity index is 2.28. The van der Waals surface area contributed by atoms with Crippen LogP contribution in [0.5, 0.6) is 0 Å². The molecule has 98 valence electrons. The summed E-state index contributed by atoms with van der Waals surface area (Å²) in [6, 6.07) is 9.40. The highest BCUT2D eigenvalue weighted by Gasteiger charge is 2.19. The molecule has 0 aliphatic carbocycles. The van der Waals surface area contributed by atoms with E-state index < -0.39 is 0 Å². The summed E-state index contributed by atoms with van der Waals surface area (Å²) < 4.78 is 0. The zero-order valence-corrected chi connectivity index (χ0v) is 11.3. The average molecular weight is 255 g/mol. The zero-order chi connectivity index (χ0) is 13.9. The molecule has 2 aromatic rings. The molecule has 1 N–H and O–H groups in total. The van der Waals surface area contributed by atoms with E-state index in [1.165, 1.54) is 6.33 Å². The number of benzene rings is 1. The Kier molecular flexibility index (Phi) is 3.60. The third-order valence-electron chi connectivity index (χ3n) is 2.80. The van der Waals surface area contributed by atoms with E-state index in [1.807, 2.05) is 24.3 Å². The standard InChI is InChI=1S/C15H17N3O/c1-15(2,3)11-6-4-5-7-12(11)18-14(19)13-8-9-16-10-17-13/h4-10H,1-3H3,(H,18,19). The number of aromatic nitrogens is 2. The van der Waals surface area contributed by atoms with E-state index in [0.717, 1.165) is 11.3 Å². The Morgan fingerprint density at radius 2 is 1.89 bits per heavy atom. The Morgan fingerprint density at radius 3 is 2.53 bits per heavy atom. The number of hydrogen-bond donors (Lipinski definition) is 1. The SMILES string of the molecule is CC(C)(C)c1ccccc1NC(=O)c1ccncn1. The van der Waals surface area contributed by atoms with Crippen LogP contribution < -0.4 is 5.32 Å². The van der Waals surface area contributed by atoms with Crippen LogP contribution >= 0.6 is 0 Å². The molecule has 1 amide bonds. The van der Waals surface area contributed by atoms with Crippen molar-refractivity contribution in [1.82, 2.24) is 9.97 Å². The van der Waals surface area contributed by atoms with Crippen LogP contribution in [0.2, 0.25) is 0 Å². The van der Waals surface area contributed by atoms with Crippen molar-refractivity contribution in [3.05, 3.63) is 54.1 Å². The summed E-state index contributed by atoms with van der Waals surface area (Å²) in [4.78, 5) is 19.8. The summed E-state index contributed by atoms with van der Waals surface area (Å²) in [5.41, 5.74) is 2.24. The first-order chi connectivity index (χ1) is 8.98. The molecule has 1 aromatic heterocycles. The van der Waals surface area contributed by atoms with E-state index in [1.54, 1.807) is 12.3 Å². The van der Waals surface area contributed by atoms with E-state index in [9.17, 15) is 4.79 Å². The summed E-state index contributed by atoms with van der Waals surface area (Å²) in [5.74, 6) is -0.223. The van der Waals surface area contributed by atoms with Crippen molar-refractivity contribution in [2.24, 2.45) is 0 Å². The molecule has 1 aromatic carbocycles. The second kappa shape index (κ2) is 5.18. The fraction of sp³-hybridized carbons (Fsp3) is 0.267. The summed E-state index contributed by atoms with van der Waals surface area (Å²) in [6.45, 7) is 6.34. The van der Waals surface area contributed by atoms with E-state index in [0.29, 0.717) is 5.69 Å². The van der Waals surface area contributed by atoms with Crippen molar-refractivity contribution in [3.63, 3.8) is 0 Å². The molecule has 0 atom stereocenters. The summed E-state index contributed by atoms with van der Waals surface area (Å²) in [6.07, 6.45) is 2.92. The van der Waals surface area contributed by atoms with Gasteiger partial charge in [0.15, 0.2) is 0 Å². The Bertz CT molecular complexity index is 573. The highest BCUT2D eigenvalue weighted by molar-refractivity contribution is 6.03. The number of carbonyl (C=O) groups excluding carboxylic acids is 1. The number of para-hydroxylation sites is 1. The fourth-order valence-electron chi connectivity index (χ4n) is 1.86. The maximum Gasteiger partial charge on any atom is 0.274 e. The van der Waals surface area contributed by atoms with Gasteiger partial charge in [0.25, 0.3) is 5.91 Å². The molecule has 0 saturated carbocycles. The first-order valence-electron chi connectivity index (χ1n) is 6.15. The van der Waals surface area contributed by atoms with Gasteiger partial charge in [-0.1, -0.05) is 39.0 Å². The van der Waals surface area contributed by atoms with Crippen LogP contribution in [-0.2, 0) is 5.41 Å². The number of amides is 1. The average Bonchev–Trinajstić information content (AvgIpc) is 2.39. The first kappa shape index (κ1) is 13.2. The number of anilines is 1. The number of nitrogens with one attached hydrogen (secondary N) is 1. The lowest BCUT2D eigenvalue weighted by Gasteiger charge is -2.22. The Labute approximate surface area is 112 Å². The van der Waals surface area contributed by atoms with Crippen LogP contribution in [0.3, 0.4) is 0 Å². The van der Waals surface area contributed by atoms with E-state index in [-0.39, 0.29) is 11.3 Å². The number of carbonyl (C=O) groups is 1. The molecule has 0 unspecified atom stereocenters. The lowest BCUT2D eigenvalue weighted by atomic mass is 9.86. The summed E-state index contributed by atoms with van der Waals surface area (Å²) in [7, 11) is 0. The maximum atomic E-state index is 12.1. The van der Waals surface area contributed by atoms with Crippen molar-refractivity contribution < 1.29 is 4.79 Å². The number of hydrogen-bond acceptors (Lipinski definition) is 3. The van der Waals surface area contributed by atoms with Gasteiger partial charge in [-0.15, -0.1) is 0 Å². The van der Waals surface area contributed by atoms with Gasteiger partial charge in [-0.05, 0) is 23.1 Å². The van der Waals surface area contributed by atoms with Crippen LogP contribution in [0.15, 0.2) is 42.9 Å². The van der Waals surface area contributed by atoms with E-state index in [4.69, 9.17) is 0 Å². The maximum absolute atomic E-state index is 12.1.